The molecular formula is C25H26BrNO3. The van der Waals surface area contributed by atoms with Crippen molar-refractivity contribution in [3.63, 3.8) is 0 Å². The van der Waals surface area contributed by atoms with Crippen molar-refractivity contribution >= 4 is 33.4 Å². The van der Waals surface area contributed by atoms with Crippen LogP contribution in [0.4, 0.5) is 0 Å². The van der Waals surface area contributed by atoms with E-state index in [1.807, 2.05) is 50.2 Å². The van der Waals surface area contributed by atoms with Crippen LogP contribution < -0.4 is 0 Å². The van der Waals surface area contributed by atoms with Crippen molar-refractivity contribution in [3.8, 4) is 0 Å². The third kappa shape index (κ3) is 3.60. The fraction of sp³-hybridized carbons (Fsp3) is 0.360. The molecule has 156 valence electrons. The average molecular weight is 468 g/mol. The Hall–Kier alpha value is -2.40. The predicted molar refractivity (Wildman–Crippen MR) is 121 cm³/mol. The fourth-order valence-corrected chi connectivity index (χ4v) is 4.98. The number of aliphatic hydroxyl groups excluding tert-OH is 1. The number of amides is 1. The van der Waals surface area contributed by atoms with Crippen LogP contribution in [-0.4, -0.2) is 27.7 Å². The van der Waals surface area contributed by atoms with Gasteiger partial charge in [0.25, 0.3) is 11.7 Å². The molecule has 30 heavy (non-hydrogen) atoms. The second-order valence-electron chi connectivity index (χ2n) is 8.32. The van der Waals surface area contributed by atoms with E-state index in [0.717, 1.165) is 53.3 Å². The van der Waals surface area contributed by atoms with Crippen LogP contribution in [0.2, 0.25) is 0 Å². The van der Waals surface area contributed by atoms with Gasteiger partial charge in [-0.3, -0.25) is 9.59 Å². The first-order valence-electron chi connectivity index (χ1n) is 10.5. The van der Waals surface area contributed by atoms with Crippen molar-refractivity contribution in [1.29, 1.82) is 0 Å². The molecule has 1 aliphatic carbocycles. The highest BCUT2D eigenvalue weighted by molar-refractivity contribution is 9.10. The van der Waals surface area contributed by atoms with E-state index in [2.05, 4.69) is 15.9 Å². The van der Waals surface area contributed by atoms with Crippen molar-refractivity contribution in [1.82, 2.24) is 4.90 Å². The molecule has 2 aliphatic rings. The second kappa shape index (κ2) is 8.38. The molecule has 5 heteroatoms. The molecular weight excluding hydrogens is 442 g/mol. The minimum absolute atomic E-state index is 0.0248. The van der Waals surface area contributed by atoms with Gasteiger partial charge in [-0.1, -0.05) is 65.5 Å². The Morgan fingerprint density at radius 3 is 2.37 bits per heavy atom. The zero-order valence-corrected chi connectivity index (χ0v) is 18.9. The average Bonchev–Trinajstić information content (AvgIpc) is 3.01. The van der Waals surface area contributed by atoms with Gasteiger partial charge in [0.2, 0.25) is 0 Å². The molecule has 1 atom stereocenters. The third-order valence-corrected chi connectivity index (χ3v) is 7.25. The molecule has 1 amide bonds. The summed E-state index contributed by atoms with van der Waals surface area (Å²) in [5.74, 6) is -1.19. The summed E-state index contributed by atoms with van der Waals surface area (Å²) in [4.78, 5) is 28.1. The van der Waals surface area contributed by atoms with E-state index in [0.29, 0.717) is 5.56 Å². The number of carbonyl (C=O) groups is 2. The first kappa shape index (κ1) is 20.9. The lowest BCUT2D eigenvalue weighted by molar-refractivity contribution is -0.141. The number of hydrogen-bond acceptors (Lipinski definition) is 3. The van der Waals surface area contributed by atoms with Crippen LogP contribution in [0, 0.1) is 13.8 Å². The summed E-state index contributed by atoms with van der Waals surface area (Å²) in [7, 11) is 0. The molecule has 1 heterocycles. The number of aliphatic hydroxyl groups is 1. The van der Waals surface area contributed by atoms with Gasteiger partial charge in [0.1, 0.15) is 5.76 Å². The van der Waals surface area contributed by atoms with Gasteiger partial charge in [0, 0.05) is 16.1 Å². The van der Waals surface area contributed by atoms with Crippen LogP contribution in [0.25, 0.3) is 5.76 Å². The molecule has 4 nitrogen and oxygen atoms in total. The van der Waals surface area contributed by atoms with Crippen molar-refractivity contribution in [3.05, 3.63) is 74.8 Å². The first-order valence-corrected chi connectivity index (χ1v) is 11.3. The van der Waals surface area contributed by atoms with Gasteiger partial charge in [-0.15, -0.1) is 0 Å². The number of nitrogens with zero attached hydrogens (tertiary/aromatic N) is 1. The second-order valence-corrected chi connectivity index (χ2v) is 9.17. The first-order chi connectivity index (χ1) is 14.4. The van der Waals surface area contributed by atoms with Crippen LogP contribution in [-0.2, 0) is 9.59 Å². The minimum atomic E-state index is -0.591. The van der Waals surface area contributed by atoms with Crippen molar-refractivity contribution in [2.45, 2.75) is 58.0 Å². The Kier molecular flexibility index (Phi) is 5.83. The molecule has 2 aromatic carbocycles. The highest BCUT2D eigenvalue weighted by atomic mass is 79.9. The number of likely N-dealkylation sites (tertiary alicyclic amines) is 1. The van der Waals surface area contributed by atoms with E-state index >= 15 is 0 Å². The zero-order chi connectivity index (χ0) is 21.4. The van der Waals surface area contributed by atoms with Gasteiger partial charge < -0.3 is 10.0 Å². The summed E-state index contributed by atoms with van der Waals surface area (Å²) in [6.07, 6.45) is 5.06. The van der Waals surface area contributed by atoms with Gasteiger partial charge in [-0.2, -0.15) is 0 Å². The lowest BCUT2D eigenvalue weighted by Gasteiger charge is -2.36. The highest BCUT2D eigenvalue weighted by Crippen LogP contribution is 2.44. The number of Topliss-reactive ketones (excluding diaryl/α,β-unsaturated/α-hetero) is 1. The third-order valence-electron chi connectivity index (χ3n) is 6.36. The summed E-state index contributed by atoms with van der Waals surface area (Å²) < 4.78 is 0.928. The molecule has 0 aromatic heterocycles. The quantitative estimate of drug-likeness (QED) is 0.351. The number of rotatable bonds is 3. The standard InChI is InChI=1S/C25H26BrNO3/c1-15-8-6-7-11-19(15)22-21(23(28)17-12-13-20(26)16(2)14-17)24(29)25(30)27(22)18-9-4-3-5-10-18/h6-8,11-14,18,22,28H,3-5,9-10H2,1-2H3/b23-21+. The number of hydrogen-bond donors (Lipinski definition) is 1. The molecule has 0 bridgehead atoms. The zero-order valence-electron chi connectivity index (χ0n) is 17.3. The van der Waals surface area contributed by atoms with Crippen LogP contribution in [0.15, 0.2) is 52.5 Å². The van der Waals surface area contributed by atoms with E-state index in [-0.39, 0.29) is 17.4 Å². The summed E-state index contributed by atoms with van der Waals surface area (Å²) in [5, 5.41) is 11.2. The fourth-order valence-electron chi connectivity index (χ4n) is 4.73. The van der Waals surface area contributed by atoms with E-state index < -0.39 is 17.7 Å². The summed E-state index contributed by atoms with van der Waals surface area (Å²) in [6.45, 7) is 3.92. The van der Waals surface area contributed by atoms with Gasteiger partial charge in [0.05, 0.1) is 11.6 Å². The number of benzene rings is 2. The van der Waals surface area contributed by atoms with Crippen LogP contribution in [0.1, 0.15) is 60.4 Å². The highest BCUT2D eigenvalue weighted by Gasteiger charge is 2.49. The van der Waals surface area contributed by atoms with Gasteiger partial charge in [0.15, 0.2) is 0 Å². The smallest absolute Gasteiger partial charge is 0.295 e. The van der Waals surface area contributed by atoms with Crippen molar-refractivity contribution in [2.24, 2.45) is 0 Å². The lowest BCUT2D eigenvalue weighted by atomic mass is 9.89. The Balaban J connectivity index is 1.90. The Bertz CT molecular complexity index is 1040. The van der Waals surface area contributed by atoms with E-state index in [1.54, 1.807) is 11.0 Å². The lowest BCUT2D eigenvalue weighted by Crippen LogP contribution is -2.40. The molecule has 1 saturated heterocycles. The van der Waals surface area contributed by atoms with E-state index in [1.165, 1.54) is 0 Å². The Labute approximate surface area is 185 Å². The van der Waals surface area contributed by atoms with Gasteiger partial charge >= 0.3 is 0 Å². The molecule has 0 radical (unpaired) electrons. The molecule has 1 aliphatic heterocycles. The van der Waals surface area contributed by atoms with E-state index in [4.69, 9.17) is 0 Å². The number of ketones is 1. The molecule has 1 saturated carbocycles. The number of carbonyl (C=O) groups excluding carboxylic acids is 2. The monoisotopic (exact) mass is 467 g/mol. The molecule has 0 spiro atoms. The van der Waals surface area contributed by atoms with Gasteiger partial charge in [-0.25, -0.2) is 0 Å². The van der Waals surface area contributed by atoms with Crippen LogP contribution >= 0.6 is 15.9 Å². The van der Waals surface area contributed by atoms with Crippen LogP contribution in [0.3, 0.4) is 0 Å². The molecule has 4 rings (SSSR count). The summed E-state index contributed by atoms with van der Waals surface area (Å²) >= 11 is 3.48. The van der Waals surface area contributed by atoms with E-state index in [9.17, 15) is 14.7 Å². The Morgan fingerprint density at radius 1 is 1.00 bits per heavy atom. The summed E-state index contributed by atoms with van der Waals surface area (Å²) in [6, 6.07) is 12.7. The Morgan fingerprint density at radius 2 is 1.70 bits per heavy atom. The maximum atomic E-state index is 13.2. The normalized spacial score (nSPS) is 22.0. The largest absolute Gasteiger partial charge is 0.507 e. The van der Waals surface area contributed by atoms with Crippen LogP contribution in [0.5, 0.6) is 0 Å². The summed E-state index contributed by atoms with van der Waals surface area (Å²) in [5.41, 5.74) is 3.60. The number of halogens is 1. The molecule has 2 aromatic rings. The molecule has 2 fully saturated rings. The minimum Gasteiger partial charge on any atom is -0.507 e. The maximum Gasteiger partial charge on any atom is 0.295 e. The topological polar surface area (TPSA) is 57.6 Å². The number of aryl methyl sites for hydroxylation is 2. The maximum absolute atomic E-state index is 13.2. The SMILES string of the molecule is Cc1cc(/C(O)=C2\C(=O)C(=O)N(C3CCCCC3)C2c2ccccc2C)ccc1Br. The van der Waals surface area contributed by atoms with Crippen molar-refractivity contribution in [2.75, 3.05) is 0 Å². The molecule has 1 N–H and O–H groups in total. The molecule has 1 unspecified atom stereocenters. The van der Waals surface area contributed by atoms with Gasteiger partial charge in [-0.05, 0) is 55.5 Å². The van der Waals surface area contributed by atoms with Crippen molar-refractivity contribution < 1.29 is 14.7 Å². The predicted octanol–water partition coefficient (Wildman–Crippen LogP) is 5.82.